The van der Waals surface area contributed by atoms with Gasteiger partial charge in [0.15, 0.2) is 0 Å². The molecule has 0 atom stereocenters. The Bertz CT molecular complexity index is 1920. The summed E-state index contributed by atoms with van der Waals surface area (Å²) in [5.41, 5.74) is 8.61. The van der Waals surface area contributed by atoms with E-state index in [4.69, 9.17) is 9.05 Å². The summed E-state index contributed by atoms with van der Waals surface area (Å²) in [6.45, 7) is 60.8. The number of aromatic nitrogens is 7. The van der Waals surface area contributed by atoms with Crippen molar-refractivity contribution in [1.82, 2.24) is 34.1 Å². The van der Waals surface area contributed by atoms with Gasteiger partial charge in [0.1, 0.15) is 11.5 Å². The predicted octanol–water partition coefficient (Wildman–Crippen LogP) is 22.6. The van der Waals surface area contributed by atoms with Crippen LogP contribution in [0.4, 0.5) is 0 Å². The SMILES string of the molecule is CC(C)c1cc(C(C)C)on1.CC(C)c1cc(C(C)C)on1.CC(C)c1cc(C(C)C)sn1.CC(C)c1cc(C(C)C)sn1.CC(C)c1cn(C(C)C)nn1.CC(C)c1csc(C(C)C)c1.CC(C)c1csc(C(C)C)c1. The molecule has 0 aliphatic heterocycles. The first-order valence-electron chi connectivity index (χ1n) is 28.7. The number of hydrogen-bond acceptors (Lipinski definition) is 12. The third-order valence-electron chi connectivity index (χ3n) is 12.2. The Balaban J connectivity index is 0.000000449. The van der Waals surface area contributed by atoms with E-state index in [1.807, 2.05) is 45.7 Å². The van der Waals surface area contributed by atoms with Gasteiger partial charge < -0.3 is 9.05 Å². The quantitative estimate of drug-likeness (QED) is 0.106. The minimum Gasteiger partial charge on any atom is -0.361 e. The van der Waals surface area contributed by atoms with Crippen molar-refractivity contribution in [2.75, 3.05) is 0 Å². The average molecular weight is 1130 g/mol. The molecule has 0 aliphatic rings. The summed E-state index contributed by atoms with van der Waals surface area (Å²) in [6, 6.07) is 13.6. The second-order valence-corrected chi connectivity index (χ2v) is 28.0. The fraction of sp³-hybridized carbons (Fsp3) is 0.656. The second-order valence-electron chi connectivity index (χ2n) is 24.4. The van der Waals surface area contributed by atoms with Crippen LogP contribution in [0.25, 0.3) is 0 Å². The Labute approximate surface area is 486 Å². The molecule has 0 aromatic carbocycles. The summed E-state index contributed by atoms with van der Waals surface area (Å²) in [7, 11) is 0. The van der Waals surface area contributed by atoms with Gasteiger partial charge in [-0.1, -0.05) is 196 Å². The van der Waals surface area contributed by atoms with Gasteiger partial charge in [-0.2, -0.15) is 8.75 Å². The molecule has 0 spiro atoms. The van der Waals surface area contributed by atoms with Crippen molar-refractivity contribution in [3.63, 3.8) is 0 Å². The van der Waals surface area contributed by atoms with E-state index in [0.29, 0.717) is 83.0 Å². The largest absolute Gasteiger partial charge is 0.361 e. The number of thiophene rings is 2. The molecule has 0 saturated heterocycles. The Morgan fingerprint density at radius 3 is 0.818 bits per heavy atom. The zero-order chi connectivity index (χ0) is 59.0. The highest BCUT2D eigenvalue weighted by molar-refractivity contribution is 7.10. The van der Waals surface area contributed by atoms with Crippen LogP contribution in [0.15, 0.2) is 62.4 Å². The zero-order valence-corrected chi connectivity index (χ0v) is 56.6. The van der Waals surface area contributed by atoms with Crippen molar-refractivity contribution < 1.29 is 9.05 Å². The summed E-state index contributed by atoms with van der Waals surface area (Å²) < 4.78 is 20.9. The summed E-state index contributed by atoms with van der Waals surface area (Å²) in [4.78, 5) is 5.81. The maximum atomic E-state index is 5.14. The lowest BCUT2D eigenvalue weighted by molar-refractivity contribution is 0.363. The first-order valence-corrected chi connectivity index (χ1v) is 32.0. The first-order chi connectivity index (χ1) is 35.8. The molecule has 0 saturated carbocycles. The summed E-state index contributed by atoms with van der Waals surface area (Å²) in [5, 5.41) is 20.5. The summed E-state index contributed by atoms with van der Waals surface area (Å²) in [5.74, 6) is 9.36. The topological polar surface area (TPSA) is 109 Å². The zero-order valence-electron chi connectivity index (χ0n) is 53.4. The lowest BCUT2D eigenvalue weighted by atomic mass is 10.1. The molecule has 0 bridgehead atoms. The standard InChI is InChI=1S/2C10H16S.2C9H15NO.2C9H15NS.C8H15N3/c2*1-7(2)9-5-10(8(3)4)11-6-9;4*1-6(2)8-5-9(7(3)4)11-10-8;1-6(2)8-5-11(7(3)4)10-9-8/h2*5-8H,1-4H3;5*5-7H,1-4H3. The van der Waals surface area contributed by atoms with E-state index in [2.05, 4.69) is 258 Å². The minimum atomic E-state index is 0.412. The van der Waals surface area contributed by atoms with Crippen LogP contribution < -0.4 is 0 Å². The normalized spacial score (nSPS) is 11.5. The van der Waals surface area contributed by atoms with Crippen molar-refractivity contribution in [2.45, 2.75) is 277 Å². The molecule has 77 heavy (non-hydrogen) atoms. The maximum absolute atomic E-state index is 5.14. The third kappa shape index (κ3) is 26.8. The molecule has 0 aliphatic carbocycles. The fourth-order valence-corrected chi connectivity index (χ4v) is 10.0. The highest BCUT2D eigenvalue weighted by Crippen LogP contribution is 2.29. The molecular formula is C64H107N7O2S4. The number of rotatable bonds is 14. The van der Waals surface area contributed by atoms with Crippen molar-refractivity contribution >= 4 is 45.7 Å². The fourth-order valence-electron chi connectivity index (χ4n) is 6.15. The van der Waals surface area contributed by atoms with Gasteiger partial charge in [-0.25, -0.2) is 4.68 Å². The van der Waals surface area contributed by atoms with Gasteiger partial charge in [-0.15, -0.1) is 27.8 Å². The van der Waals surface area contributed by atoms with Gasteiger partial charge in [0.2, 0.25) is 0 Å². The monoisotopic (exact) mass is 1130 g/mol. The number of hydrogen-bond donors (Lipinski definition) is 0. The average Bonchev–Trinajstić information content (AvgIpc) is 4.20. The van der Waals surface area contributed by atoms with Gasteiger partial charge in [-0.3, -0.25) is 0 Å². The van der Waals surface area contributed by atoms with Crippen LogP contribution in [-0.2, 0) is 0 Å². The van der Waals surface area contributed by atoms with Crippen LogP contribution in [0.5, 0.6) is 0 Å². The van der Waals surface area contributed by atoms with Gasteiger partial charge in [0, 0.05) is 55.7 Å². The summed E-state index contributed by atoms with van der Waals surface area (Å²) in [6.07, 6.45) is 2.01. The van der Waals surface area contributed by atoms with Crippen LogP contribution in [0.2, 0.25) is 0 Å². The minimum absolute atomic E-state index is 0.412. The Hall–Kier alpha value is -3.78. The predicted molar refractivity (Wildman–Crippen MR) is 339 cm³/mol. The Morgan fingerprint density at radius 1 is 0.338 bits per heavy atom. The van der Waals surface area contributed by atoms with Gasteiger partial charge in [0.25, 0.3) is 0 Å². The molecule has 7 aromatic rings. The first kappa shape index (κ1) is 71.2. The van der Waals surface area contributed by atoms with Crippen molar-refractivity contribution in [2.24, 2.45) is 0 Å². The molecule has 7 rings (SSSR count). The van der Waals surface area contributed by atoms with Crippen molar-refractivity contribution in [1.29, 1.82) is 0 Å². The van der Waals surface area contributed by atoms with Crippen molar-refractivity contribution in [3.8, 4) is 0 Å². The molecule has 7 heterocycles. The van der Waals surface area contributed by atoms with E-state index < -0.39 is 0 Å². The molecule has 0 fully saturated rings. The highest BCUT2D eigenvalue weighted by atomic mass is 32.1. The second kappa shape index (κ2) is 35.8. The molecule has 7 aromatic heterocycles. The van der Waals surface area contributed by atoms with Crippen LogP contribution in [0.3, 0.4) is 0 Å². The van der Waals surface area contributed by atoms with E-state index in [9.17, 15) is 0 Å². The van der Waals surface area contributed by atoms with E-state index in [0.717, 1.165) is 28.6 Å². The molecule has 0 N–H and O–H groups in total. The molecule has 9 nitrogen and oxygen atoms in total. The molecule has 13 heteroatoms. The lowest BCUT2D eigenvalue weighted by Gasteiger charge is -2.01. The Kier molecular flexibility index (Phi) is 33.1. The lowest BCUT2D eigenvalue weighted by Crippen LogP contribution is -2.00. The van der Waals surface area contributed by atoms with Gasteiger partial charge in [0.05, 0.1) is 28.5 Å². The van der Waals surface area contributed by atoms with E-state index in [1.165, 1.54) is 42.0 Å². The molecule has 0 unspecified atom stereocenters. The molecule has 0 amide bonds. The van der Waals surface area contributed by atoms with E-state index in [1.54, 1.807) is 23.1 Å². The van der Waals surface area contributed by atoms with Crippen molar-refractivity contribution in [3.05, 3.63) is 124 Å². The van der Waals surface area contributed by atoms with E-state index >= 15 is 0 Å². The highest BCUT2D eigenvalue weighted by Gasteiger charge is 2.13. The van der Waals surface area contributed by atoms with Gasteiger partial charge >= 0.3 is 0 Å². The summed E-state index contributed by atoms with van der Waals surface area (Å²) >= 11 is 7.04. The number of nitrogens with zero attached hydrogens (tertiary/aromatic N) is 7. The molecular weight excluding hydrogens is 1030 g/mol. The van der Waals surface area contributed by atoms with Crippen LogP contribution >= 0.6 is 45.7 Å². The maximum Gasteiger partial charge on any atom is 0.139 e. The third-order valence-corrected chi connectivity index (χ3v) is 16.9. The van der Waals surface area contributed by atoms with Crippen LogP contribution in [-0.4, -0.2) is 34.1 Å². The van der Waals surface area contributed by atoms with Gasteiger partial charge in [-0.05, 0) is 148 Å². The smallest absolute Gasteiger partial charge is 0.139 e. The van der Waals surface area contributed by atoms with Crippen LogP contribution in [0.1, 0.15) is 347 Å². The van der Waals surface area contributed by atoms with Crippen LogP contribution in [0, 0.1) is 0 Å². The molecule has 434 valence electrons. The van der Waals surface area contributed by atoms with E-state index in [-0.39, 0.29) is 0 Å². The Morgan fingerprint density at radius 2 is 0.662 bits per heavy atom. The molecule has 0 radical (unpaired) electrons.